The number of nitriles is 1. The first-order chi connectivity index (χ1) is 7.70. The first-order valence-corrected chi connectivity index (χ1v) is 5.28. The van der Waals surface area contributed by atoms with E-state index >= 15 is 0 Å². The molecule has 2 rings (SSSR count). The number of aromatic amines is 1. The van der Waals surface area contributed by atoms with E-state index in [0.29, 0.717) is 15.9 Å². The standard InChI is InChI=1S/C10H7FN4S/c1-6-13-10(15-14-6)16-9-4-2-3-8(11)7(9)5-12/h2-4H,1H3,(H,13,14,15). The molecule has 0 spiro atoms. The van der Waals surface area contributed by atoms with Crippen LogP contribution in [-0.4, -0.2) is 15.2 Å². The second-order valence-electron chi connectivity index (χ2n) is 3.03. The van der Waals surface area contributed by atoms with E-state index < -0.39 is 5.82 Å². The van der Waals surface area contributed by atoms with Crippen LogP contribution >= 0.6 is 11.8 Å². The molecule has 1 aromatic carbocycles. The van der Waals surface area contributed by atoms with E-state index in [0.717, 1.165) is 11.8 Å². The third-order valence-corrected chi connectivity index (χ3v) is 2.79. The SMILES string of the molecule is Cc1nc(Sc2cccc(F)c2C#N)n[nH]1. The van der Waals surface area contributed by atoms with Crippen molar-refractivity contribution in [3.05, 3.63) is 35.4 Å². The average molecular weight is 234 g/mol. The van der Waals surface area contributed by atoms with Crippen LogP contribution in [0.5, 0.6) is 0 Å². The first-order valence-electron chi connectivity index (χ1n) is 4.46. The summed E-state index contributed by atoms with van der Waals surface area (Å²) in [6.07, 6.45) is 0. The normalized spacial score (nSPS) is 10.1. The molecule has 0 aliphatic heterocycles. The Morgan fingerprint density at radius 3 is 2.94 bits per heavy atom. The van der Waals surface area contributed by atoms with E-state index in [1.807, 2.05) is 6.07 Å². The Morgan fingerprint density at radius 1 is 1.50 bits per heavy atom. The highest BCUT2D eigenvalue weighted by molar-refractivity contribution is 7.99. The summed E-state index contributed by atoms with van der Waals surface area (Å²) >= 11 is 1.16. The zero-order valence-corrected chi connectivity index (χ0v) is 9.18. The van der Waals surface area contributed by atoms with Gasteiger partial charge in [-0.1, -0.05) is 6.07 Å². The van der Waals surface area contributed by atoms with E-state index in [1.165, 1.54) is 6.07 Å². The molecular weight excluding hydrogens is 227 g/mol. The van der Waals surface area contributed by atoms with E-state index in [9.17, 15) is 4.39 Å². The van der Waals surface area contributed by atoms with Crippen molar-refractivity contribution in [3.8, 4) is 6.07 Å². The molecule has 0 saturated heterocycles. The fraction of sp³-hybridized carbons (Fsp3) is 0.100. The zero-order valence-electron chi connectivity index (χ0n) is 8.36. The predicted molar refractivity (Wildman–Crippen MR) is 56.4 cm³/mol. The summed E-state index contributed by atoms with van der Waals surface area (Å²) in [6.45, 7) is 1.77. The minimum Gasteiger partial charge on any atom is -0.262 e. The fourth-order valence-corrected chi connectivity index (χ4v) is 2.03. The van der Waals surface area contributed by atoms with Crippen LogP contribution in [-0.2, 0) is 0 Å². The maximum atomic E-state index is 13.3. The lowest BCUT2D eigenvalue weighted by Crippen LogP contribution is -1.87. The second-order valence-corrected chi connectivity index (χ2v) is 4.04. The van der Waals surface area contributed by atoms with Crippen molar-refractivity contribution in [1.82, 2.24) is 15.2 Å². The number of hydrogen-bond acceptors (Lipinski definition) is 4. The summed E-state index contributed by atoms with van der Waals surface area (Å²) in [5.41, 5.74) is 0.0231. The molecule has 0 bridgehead atoms. The largest absolute Gasteiger partial charge is 0.262 e. The molecule has 0 unspecified atom stereocenters. The van der Waals surface area contributed by atoms with Gasteiger partial charge < -0.3 is 0 Å². The molecule has 6 heteroatoms. The number of aromatic nitrogens is 3. The highest BCUT2D eigenvalue weighted by Crippen LogP contribution is 2.28. The predicted octanol–water partition coefficient (Wildman–Crippen LogP) is 2.28. The molecule has 80 valence electrons. The van der Waals surface area contributed by atoms with Crippen LogP contribution in [0.25, 0.3) is 0 Å². The Hall–Kier alpha value is -1.87. The maximum Gasteiger partial charge on any atom is 0.213 e. The monoisotopic (exact) mass is 234 g/mol. The summed E-state index contributed by atoms with van der Waals surface area (Å²) in [5.74, 6) is 0.150. The molecule has 1 aromatic heterocycles. The summed E-state index contributed by atoms with van der Waals surface area (Å²) < 4.78 is 13.3. The first kappa shape index (κ1) is 10.6. The quantitative estimate of drug-likeness (QED) is 0.865. The van der Waals surface area contributed by atoms with Crippen LogP contribution in [0.2, 0.25) is 0 Å². The molecule has 16 heavy (non-hydrogen) atoms. The van der Waals surface area contributed by atoms with Gasteiger partial charge in [0.25, 0.3) is 0 Å². The topological polar surface area (TPSA) is 65.4 Å². The summed E-state index contributed by atoms with van der Waals surface area (Å²) in [5, 5.41) is 15.9. The Morgan fingerprint density at radius 2 is 2.31 bits per heavy atom. The molecule has 0 fully saturated rings. The number of hydrogen-bond donors (Lipinski definition) is 1. The number of nitrogens with one attached hydrogen (secondary N) is 1. The van der Waals surface area contributed by atoms with Gasteiger partial charge in [0.15, 0.2) is 0 Å². The van der Waals surface area contributed by atoms with Crippen molar-refractivity contribution in [3.63, 3.8) is 0 Å². The summed E-state index contributed by atoms with van der Waals surface area (Å²) in [6, 6.07) is 6.30. The van der Waals surface area contributed by atoms with Gasteiger partial charge in [0.2, 0.25) is 5.16 Å². The van der Waals surface area contributed by atoms with Crippen molar-refractivity contribution >= 4 is 11.8 Å². The maximum absolute atomic E-state index is 13.3. The number of nitrogens with zero attached hydrogens (tertiary/aromatic N) is 3. The van der Waals surface area contributed by atoms with Crippen LogP contribution in [0.1, 0.15) is 11.4 Å². The molecular formula is C10H7FN4S. The third kappa shape index (κ3) is 2.04. The van der Waals surface area contributed by atoms with Gasteiger partial charge in [0, 0.05) is 4.90 Å². The molecule has 1 heterocycles. The minimum atomic E-state index is -0.528. The minimum absolute atomic E-state index is 0.0231. The van der Waals surface area contributed by atoms with E-state index in [2.05, 4.69) is 15.2 Å². The van der Waals surface area contributed by atoms with Gasteiger partial charge in [0.1, 0.15) is 23.3 Å². The van der Waals surface area contributed by atoms with Crippen LogP contribution < -0.4 is 0 Å². The Bertz CT molecular complexity index is 558. The molecule has 2 aromatic rings. The molecule has 0 aliphatic carbocycles. The van der Waals surface area contributed by atoms with Gasteiger partial charge in [-0.25, -0.2) is 9.37 Å². The third-order valence-electron chi connectivity index (χ3n) is 1.87. The lowest BCUT2D eigenvalue weighted by Gasteiger charge is -2.00. The van der Waals surface area contributed by atoms with Crippen molar-refractivity contribution in [2.75, 3.05) is 0 Å². The smallest absolute Gasteiger partial charge is 0.213 e. The van der Waals surface area contributed by atoms with Gasteiger partial charge >= 0.3 is 0 Å². The van der Waals surface area contributed by atoms with Crippen LogP contribution in [0, 0.1) is 24.1 Å². The van der Waals surface area contributed by atoms with Gasteiger partial charge in [-0.15, -0.1) is 5.10 Å². The van der Waals surface area contributed by atoms with E-state index in [4.69, 9.17) is 5.26 Å². The number of H-pyrrole nitrogens is 1. The number of halogens is 1. The number of rotatable bonds is 2. The molecule has 0 amide bonds. The molecule has 0 radical (unpaired) electrons. The number of benzene rings is 1. The van der Waals surface area contributed by atoms with Crippen LogP contribution in [0.3, 0.4) is 0 Å². The van der Waals surface area contributed by atoms with Crippen molar-refractivity contribution in [2.24, 2.45) is 0 Å². The van der Waals surface area contributed by atoms with Crippen molar-refractivity contribution in [2.45, 2.75) is 17.0 Å². The lowest BCUT2D eigenvalue weighted by molar-refractivity contribution is 0.620. The van der Waals surface area contributed by atoms with Crippen LogP contribution in [0.4, 0.5) is 4.39 Å². The van der Waals surface area contributed by atoms with E-state index in [-0.39, 0.29) is 5.56 Å². The molecule has 0 aliphatic rings. The molecule has 0 saturated carbocycles. The molecule has 0 atom stereocenters. The van der Waals surface area contributed by atoms with Crippen molar-refractivity contribution < 1.29 is 4.39 Å². The lowest BCUT2D eigenvalue weighted by atomic mass is 10.2. The highest BCUT2D eigenvalue weighted by atomic mass is 32.2. The van der Waals surface area contributed by atoms with E-state index in [1.54, 1.807) is 19.1 Å². The van der Waals surface area contributed by atoms with Crippen LogP contribution in [0.15, 0.2) is 28.3 Å². The average Bonchev–Trinajstić information content (AvgIpc) is 2.64. The fourth-order valence-electron chi connectivity index (χ4n) is 1.16. The molecule has 4 nitrogen and oxygen atoms in total. The van der Waals surface area contributed by atoms with Crippen molar-refractivity contribution in [1.29, 1.82) is 5.26 Å². The zero-order chi connectivity index (χ0) is 11.5. The number of aryl methyl sites for hydroxylation is 1. The summed E-state index contributed by atoms with van der Waals surface area (Å²) in [4.78, 5) is 4.59. The van der Waals surface area contributed by atoms with Gasteiger partial charge in [-0.3, -0.25) is 5.10 Å². The Kier molecular flexibility index (Phi) is 2.88. The molecule has 1 N–H and O–H groups in total. The van der Waals surface area contributed by atoms with Gasteiger partial charge in [-0.05, 0) is 30.8 Å². The van der Waals surface area contributed by atoms with Gasteiger partial charge in [0.05, 0.1) is 0 Å². The summed E-state index contributed by atoms with van der Waals surface area (Å²) in [7, 11) is 0. The Balaban J connectivity index is 2.35. The second kappa shape index (κ2) is 4.33. The Labute approximate surface area is 95.5 Å². The van der Waals surface area contributed by atoms with Gasteiger partial charge in [-0.2, -0.15) is 5.26 Å². The highest BCUT2D eigenvalue weighted by Gasteiger charge is 2.11.